The van der Waals surface area contributed by atoms with E-state index in [1.54, 1.807) is 12.3 Å². The van der Waals surface area contributed by atoms with E-state index in [9.17, 15) is 0 Å². The number of aliphatic hydroxyl groups is 1. The van der Waals surface area contributed by atoms with Crippen LogP contribution in [0.15, 0.2) is 24.9 Å². The smallest absolute Gasteiger partial charge is 0.225 e. The number of aromatic nitrogens is 2. The number of nitrogens with zero attached hydrogens (tertiary/aromatic N) is 3. The summed E-state index contributed by atoms with van der Waals surface area (Å²) >= 11 is 0. The van der Waals surface area contributed by atoms with Gasteiger partial charge in [-0.3, -0.25) is 5.41 Å². The van der Waals surface area contributed by atoms with E-state index in [-0.39, 0.29) is 17.9 Å². The third-order valence-electron chi connectivity index (χ3n) is 3.03. The highest BCUT2D eigenvalue weighted by Gasteiger charge is 2.13. The van der Waals surface area contributed by atoms with Gasteiger partial charge in [0, 0.05) is 38.0 Å². The van der Waals surface area contributed by atoms with Gasteiger partial charge in [0.1, 0.15) is 0 Å². The molecule has 6 heteroatoms. The monoisotopic (exact) mass is 305 g/mol. The largest absolute Gasteiger partial charge is 0.396 e. The van der Waals surface area contributed by atoms with Crippen molar-refractivity contribution in [2.45, 2.75) is 32.7 Å². The lowest BCUT2D eigenvalue weighted by molar-refractivity contribution is 0.289. The van der Waals surface area contributed by atoms with Crippen molar-refractivity contribution in [2.75, 3.05) is 31.1 Å². The molecule has 0 bridgehead atoms. The molecular formula is C16H27N5O. The number of hydrogen-bond donors (Lipinski definition) is 3. The fourth-order valence-corrected chi connectivity index (χ4v) is 1.89. The molecule has 0 amide bonds. The number of anilines is 1. The molecule has 0 aliphatic carbocycles. The van der Waals surface area contributed by atoms with Crippen molar-refractivity contribution in [3.8, 4) is 0 Å². The Morgan fingerprint density at radius 2 is 2.18 bits per heavy atom. The number of nitrogens with one attached hydrogen (secondary N) is 2. The second-order valence-corrected chi connectivity index (χ2v) is 6.10. The average molecular weight is 305 g/mol. The minimum Gasteiger partial charge on any atom is -0.396 e. The van der Waals surface area contributed by atoms with Gasteiger partial charge in [-0.1, -0.05) is 6.58 Å². The predicted octanol–water partition coefficient (Wildman–Crippen LogP) is 1.61. The topological polar surface area (TPSA) is 85.1 Å². The minimum absolute atomic E-state index is 0.0519. The third kappa shape index (κ3) is 6.32. The summed E-state index contributed by atoms with van der Waals surface area (Å²) in [6.45, 7) is 12.3. The van der Waals surface area contributed by atoms with E-state index in [4.69, 9.17) is 10.5 Å². The molecular weight excluding hydrogens is 278 g/mol. The molecule has 3 N–H and O–H groups in total. The maximum atomic E-state index is 9.07. The molecule has 6 nitrogen and oxygen atoms in total. The van der Waals surface area contributed by atoms with Crippen LogP contribution in [0.1, 0.15) is 32.9 Å². The SMILES string of the molecule is C=CC(=N)c1ccnc(N(CCCO)CCNC(C)(C)C)n1. The zero-order valence-corrected chi connectivity index (χ0v) is 13.8. The molecule has 0 aromatic carbocycles. The zero-order valence-electron chi connectivity index (χ0n) is 13.8. The van der Waals surface area contributed by atoms with E-state index >= 15 is 0 Å². The van der Waals surface area contributed by atoms with Crippen LogP contribution in [0.4, 0.5) is 5.95 Å². The fraction of sp³-hybridized carbons (Fsp3) is 0.562. The molecule has 0 atom stereocenters. The fourth-order valence-electron chi connectivity index (χ4n) is 1.89. The number of aliphatic hydroxyl groups excluding tert-OH is 1. The summed E-state index contributed by atoms with van der Waals surface area (Å²) in [6.07, 6.45) is 3.77. The summed E-state index contributed by atoms with van der Waals surface area (Å²) in [5, 5.41) is 20.3. The molecule has 0 fully saturated rings. The van der Waals surface area contributed by atoms with Crippen LogP contribution in [0.2, 0.25) is 0 Å². The normalized spacial score (nSPS) is 11.3. The lowest BCUT2D eigenvalue weighted by atomic mass is 10.1. The van der Waals surface area contributed by atoms with Crippen molar-refractivity contribution >= 4 is 11.7 Å². The van der Waals surface area contributed by atoms with Crippen LogP contribution >= 0.6 is 0 Å². The summed E-state index contributed by atoms with van der Waals surface area (Å²) in [6, 6.07) is 1.70. The summed E-state index contributed by atoms with van der Waals surface area (Å²) in [5.74, 6) is 0.577. The van der Waals surface area contributed by atoms with Crippen LogP contribution in [0.3, 0.4) is 0 Å². The van der Waals surface area contributed by atoms with E-state index in [1.165, 1.54) is 6.08 Å². The first-order chi connectivity index (χ1) is 10.4. The van der Waals surface area contributed by atoms with Crippen LogP contribution in [0.25, 0.3) is 0 Å². The summed E-state index contributed by atoms with van der Waals surface area (Å²) in [5.41, 5.74) is 0.882. The number of allylic oxidation sites excluding steroid dienone is 1. The van der Waals surface area contributed by atoms with E-state index < -0.39 is 0 Å². The summed E-state index contributed by atoms with van der Waals surface area (Å²) in [4.78, 5) is 10.7. The molecule has 0 radical (unpaired) electrons. The second kappa shape index (κ2) is 8.60. The van der Waals surface area contributed by atoms with Gasteiger partial charge in [0.25, 0.3) is 0 Å². The van der Waals surface area contributed by atoms with Crippen molar-refractivity contribution in [3.05, 3.63) is 30.6 Å². The standard InChI is InChI=1S/C16H27N5O/c1-5-13(17)14-7-8-18-15(20-14)21(10-6-12-22)11-9-19-16(2,3)4/h5,7-8,17,19,22H,1,6,9-12H2,2-4H3. The molecule has 1 heterocycles. The average Bonchev–Trinajstić information content (AvgIpc) is 2.48. The third-order valence-corrected chi connectivity index (χ3v) is 3.03. The van der Waals surface area contributed by atoms with Gasteiger partial charge in [0.15, 0.2) is 0 Å². The van der Waals surface area contributed by atoms with Crippen LogP contribution in [0, 0.1) is 5.41 Å². The van der Waals surface area contributed by atoms with Gasteiger partial charge in [0.05, 0.1) is 11.4 Å². The maximum Gasteiger partial charge on any atom is 0.225 e. The maximum absolute atomic E-state index is 9.07. The first kappa shape index (κ1) is 18.3. The minimum atomic E-state index is 0.0519. The summed E-state index contributed by atoms with van der Waals surface area (Å²) in [7, 11) is 0. The van der Waals surface area contributed by atoms with Crippen molar-refractivity contribution in [2.24, 2.45) is 0 Å². The summed E-state index contributed by atoms with van der Waals surface area (Å²) < 4.78 is 0. The Morgan fingerprint density at radius 3 is 2.77 bits per heavy atom. The zero-order chi connectivity index (χ0) is 16.6. The molecule has 122 valence electrons. The molecule has 0 saturated carbocycles. The Morgan fingerprint density at radius 1 is 1.45 bits per heavy atom. The first-order valence-corrected chi connectivity index (χ1v) is 7.52. The molecule has 0 saturated heterocycles. The van der Waals surface area contributed by atoms with Crippen molar-refractivity contribution < 1.29 is 5.11 Å². The van der Waals surface area contributed by atoms with Gasteiger partial charge < -0.3 is 15.3 Å². The second-order valence-electron chi connectivity index (χ2n) is 6.10. The van der Waals surface area contributed by atoms with Crippen LogP contribution in [-0.4, -0.2) is 52.6 Å². The quantitative estimate of drug-likeness (QED) is 0.604. The molecule has 0 aliphatic rings. The van der Waals surface area contributed by atoms with Crippen LogP contribution < -0.4 is 10.2 Å². The number of rotatable bonds is 9. The van der Waals surface area contributed by atoms with Gasteiger partial charge in [-0.15, -0.1) is 0 Å². The highest BCUT2D eigenvalue weighted by Crippen LogP contribution is 2.09. The van der Waals surface area contributed by atoms with E-state index in [0.717, 1.165) is 13.1 Å². The Hall–Kier alpha value is -1.79. The van der Waals surface area contributed by atoms with Gasteiger partial charge in [-0.05, 0) is 39.3 Å². The highest BCUT2D eigenvalue weighted by atomic mass is 16.3. The molecule has 22 heavy (non-hydrogen) atoms. The van der Waals surface area contributed by atoms with Crippen LogP contribution in [-0.2, 0) is 0 Å². The molecule has 1 aromatic heterocycles. The van der Waals surface area contributed by atoms with Gasteiger partial charge >= 0.3 is 0 Å². The molecule has 1 rings (SSSR count). The van der Waals surface area contributed by atoms with Gasteiger partial charge in [0.2, 0.25) is 5.95 Å². The Kier molecular flexibility index (Phi) is 7.14. The predicted molar refractivity (Wildman–Crippen MR) is 90.7 cm³/mol. The lowest BCUT2D eigenvalue weighted by Gasteiger charge is -2.26. The molecule has 0 spiro atoms. The Labute approximate surface area is 132 Å². The van der Waals surface area contributed by atoms with Crippen LogP contribution in [0.5, 0.6) is 0 Å². The van der Waals surface area contributed by atoms with Gasteiger partial charge in [-0.2, -0.15) is 0 Å². The van der Waals surface area contributed by atoms with E-state index in [1.807, 2.05) is 4.90 Å². The number of hydrogen-bond acceptors (Lipinski definition) is 6. The van der Waals surface area contributed by atoms with Crippen molar-refractivity contribution in [1.29, 1.82) is 5.41 Å². The Bertz CT molecular complexity index is 496. The highest BCUT2D eigenvalue weighted by molar-refractivity contribution is 6.04. The molecule has 0 unspecified atom stereocenters. The van der Waals surface area contributed by atoms with E-state index in [2.05, 4.69) is 42.6 Å². The first-order valence-electron chi connectivity index (χ1n) is 7.52. The molecule has 0 aliphatic heterocycles. The molecule has 1 aromatic rings. The van der Waals surface area contributed by atoms with Gasteiger partial charge in [-0.25, -0.2) is 9.97 Å². The lowest BCUT2D eigenvalue weighted by Crippen LogP contribution is -2.42. The van der Waals surface area contributed by atoms with Crippen molar-refractivity contribution in [1.82, 2.24) is 15.3 Å². The Balaban J connectivity index is 2.82. The van der Waals surface area contributed by atoms with E-state index in [0.29, 0.717) is 24.6 Å². The van der Waals surface area contributed by atoms with Crippen molar-refractivity contribution in [3.63, 3.8) is 0 Å².